The van der Waals surface area contributed by atoms with E-state index in [1.807, 2.05) is 0 Å². The molecule has 7 heteroatoms. The molecule has 1 aliphatic rings. The highest BCUT2D eigenvalue weighted by Crippen LogP contribution is 2.34. The minimum absolute atomic E-state index is 0.0417. The van der Waals surface area contributed by atoms with Gasteiger partial charge in [0.25, 0.3) is 0 Å². The first-order valence-corrected chi connectivity index (χ1v) is 5.20. The Morgan fingerprint density at radius 2 is 2.06 bits per heavy atom. The molecule has 0 spiro atoms. The highest BCUT2D eigenvalue weighted by molar-refractivity contribution is 6.00. The van der Waals surface area contributed by atoms with Gasteiger partial charge in [-0.15, -0.1) is 0 Å². The van der Waals surface area contributed by atoms with Gasteiger partial charge in [0.2, 0.25) is 0 Å². The fourth-order valence-electron chi connectivity index (χ4n) is 1.88. The van der Waals surface area contributed by atoms with Gasteiger partial charge >= 0.3 is 18.3 Å². The van der Waals surface area contributed by atoms with E-state index in [9.17, 15) is 22.4 Å². The second-order valence-electron chi connectivity index (χ2n) is 4.02. The van der Waals surface area contributed by atoms with E-state index in [1.54, 1.807) is 12.1 Å². The maximum absolute atomic E-state index is 13.0. The van der Waals surface area contributed by atoms with E-state index < -0.39 is 18.3 Å². The van der Waals surface area contributed by atoms with Gasteiger partial charge in [-0.25, -0.2) is 8.78 Å². The van der Waals surface area contributed by atoms with Crippen molar-refractivity contribution in [3.8, 4) is 0 Å². The van der Waals surface area contributed by atoms with Crippen LogP contribution in [0, 0.1) is 0 Å². The summed E-state index contributed by atoms with van der Waals surface area (Å²) in [4.78, 5) is 12.1. The van der Waals surface area contributed by atoms with Crippen molar-refractivity contribution < 1.29 is 22.4 Å². The maximum Gasteiger partial charge on any atom is 0.384 e. The summed E-state index contributed by atoms with van der Waals surface area (Å²) in [5.74, 6) is -6.56. The third-order valence-electron chi connectivity index (χ3n) is 2.81. The van der Waals surface area contributed by atoms with Crippen LogP contribution in [0.5, 0.6) is 0 Å². The Hall–Kier alpha value is -1.79. The summed E-state index contributed by atoms with van der Waals surface area (Å²) in [6, 6.07) is 4.50. The Morgan fingerprint density at radius 1 is 1.39 bits per heavy atom. The topological polar surface area (TPSA) is 46.3 Å². The van der Waals surface area contributed by atoms with Gasteiger partial charge in [-0.2, -0.15) is 8.78 Å². The molecule has 98 valence electrons. The van der Waals surface area contributed by atoms with E-state index in [2.05, 4.69) is 0 Å². The molecule has 1 heterocycles. The summed E-state index contributed by atoms with van der Waals surface area (Å²) in [6.45, 7) is -0.0417. The van der Waals surface area contributed by atoms with Crippen LogP contribution in [-0.2, 0) is 11.2 Å². The number of nitrogens with two attached hydrogens (primary N) is 1. The van der Waals surface area contributed by atoms with E-state index in [-0.39, 0.29) is 17.9 Å². The normalized spacial score (nSPS) is 15.1. The van der Waals surface area contributed by atoms with Crippen molar-refractivity contribution in [3.05, 3.63) is 23.8 Å². The predicted octanol–water partition coefficient (Wildman–Crippen LogP) is 2.06. The zero-order valence-electron chi connectivity index (χ0n) is 9.17. The molecule has 0 saturated carbocycles. The lowest BCUT2D eigenvalue weighted by molar-refractivity contribution is -0.166. The number of rotatable bonds is 2. The molecule has 18 heavy (non-hydrogen) atoms. The van der Waals surface area contributed by atoms with Gasteiger partial charge in [0, 0.05) is 17.9 Å². The van der Waals surface area contributed by atoms with Gasteiger partial charge in [-0.1, -0.05) is 6.07 Å². The molecule has 2 N–H and O–H groups in total. The lowest BCUT2D eigenvalue weighted by Gasteiger charge is -2.23. The summed E-state index contributed by atoms with van der Waals surface area (Å²) in [7, 11) is 0. The number of carbonyl (C=O) groups excluding carboxylic acids is 1. The quantitative estimate of drug-likeness (QED) is 0.655. The lowest BCUT2D eigenvalue weighted by atomic mass is 10.1. The van der Waals surface area contributed by atoms with Crippen LogP contribution < -0.4 is 10.6 Å². The number of nitrogen functional groups attached to an aromatic ring is 1. The van der Waals surface area contributed by atoms with Crippen molar-refractivity contribution in [1.29, 1.82) is 0 Å². The molecule has 1 aromatic rings. The van der Waals surface area contributed by atoms with Gasteiger partial charge in [-0.05, 0) is 24.1 Å². The Balaban J connectivity index is 2.34. The number of hydrogen-bond acceptors (Lipinski definition) is 2. The van der Waals surface area contributed by atoms with Gasteiger partial charge in [0.1, 0.15) is 0 Å². The number of carbonyl (C=O) groups is 1. The van der Waals surface area contributed by atoms with Crippen molar-refractivity contribution in [3.63, 3.8) is 0 Å². The van der Waals surface area contributed by atoms with Gasteiger partial charge in [0.05, 0.1) is 0 Å². The third-order valence-corrected chi connectivity index (χ3v) is 2.81. The summed E-state index contributed by atoms with van der Waals surface area (Å²) in [5, 5.41) is 0. The average Bonchev–Trinajstić information content (AvgIpc) is 2.70. The van der Waals surface area contributed by atoms with E-state index in [1.165, 1.54) is 6.07 Å². The van der Waals surface area contributed by atoms with Gasteiger partial charge < -0.3 is 10.6 Å². The molecule has 1 aromatic carbocycles. The van der Waals surface area contributed by atoms with E-state index in [4.69, 9.17) is 5.73 Å². The van der Waals surface area contributed by atoms with E-state index in [0.29, 0.717) is 16.9 Å². The molecular weight excluding hydrogens is 252 g/mol. The molecule has 0 saturated heterocycles. The summed E-state index contributed by atoms with van der Waals surface area (Å²) in [6.07, 6.45) is -3.67. The van der Waals surface area contributed by atoms with Crippen molar-refractivity contribution >= 4 is 17.3 Å². The number of anilines is 2. The number of fused-ring (bicyclic) bond motifs is 1. The number of halogens is 4. The van der Waals surface area contributed by atoms with Crippen LogP contribution in [0.1, 0.15) is 5.56 Å². The number of amides is 1. The number of alkyl halides is 4. The van der Waals surface area contributed by atoms with Gasteiger partial charge in [-0.3, -0.25) is 4.79 Å². The van der Waals surface area contributed by atoms with E-state index in [0.717, 1.165) is 0 Å². The molecule has 3 nitrogen and oxygen atoms in total. The summed E-state index contributed by atoms with van der Waals surface area (Å²) < 4.78 is 50.3. The first-order chi connectivity index (χ1) is 8.34. The zero-order valence-corrected chi connectivity index (χ0v) is 9.17. The molecule has 0 atom stereocenters. The third kappa shape index (κ3) is 1.89. The van der Waals surface area contributed by atoms with Crippen molar-refractivity contribution in [2.75, 3.05) is 17.2 Å². The molecule has 1 aliphatic heterocycles. The minimum atomic E-state index is -4.67. The molecule has 0 bridgehead atoms. The highest BCUT2D eigenvalue weighted by Gasteiger charge is 2.52. The number of hydrogen-bond donors (Lipinski definition) is 1. The Bertz CT molecular complexity index is 490. The van der Waals surface area contributed by atoms with Crippen molar-refractivity contribution in [2.45, 2.75) is 18.8 Å². The molecule has 0 fully saturated rings. The zero-order chi connectivity index (χ0) is 13.5. The Labute approximate surface area is 100 Å². The van der Waals surface area contributed by atoms with Crippen molar-refractivity contribution in [1.82, 2.24) is 0 Å². The SMILES string of the molecule is Nc1ccc2c(c1)N(C(=O)C(F)(F)C(F)F)CC2. The van der Waals surface area contributed by atoms with E-state index >= 15 is 0 Å². The summed E-state index contributed by atoms with van der Waals surface area (Å²) in [5.41, 5.74) is 6.60. The van der Waals surface area contributed by atoms with Crippen LogP contribution in [0.25, 0.3) is 0 Å². The first kappa shape index (κ1) is 12.7. The van der Waals surface area contributed by atoms with Crippen LogP contribution in [0.3, 0.4) is 0 Å². The smallest absolute Gasteiger partial charge is 0.384 e. The van der Waals surface area contributed by atoms with Crippen LogP contribution in [0.4, 0.5) is 28.9 Å². The summed E-state index contributed by atoms with van der Waals surface area (Å²) >= 11 is 0. The van der Waals surface area contributed by atoms with Crippen LogP contribution >= 0.6 is 0 Å². The first-order valence-electron chi connectivity index (χ1n) is 5.20. The Kier molecular flexibility index (Phi) is 2.92. The fraction of sp³-hybridized carbons (Fsp3) is 0.364. The van der Waals surface area contributed by atoms with Gasteiger partial charge in [0.15, 0.2) is 0 Å². The number of nitrogens with zero attached hydrogens (tertiary/aromatic N) is 1. The monoisotopic (exact) mass is 262 g/mol. The average molecular weight is 262 g/mol. The molecule has 0 aliphatic carbocycles. The molecule has 0 radical (unpaired) electrons. The largest absolute Gasteiger partial charge is 0.399 e. The number of benzene rings is 1. The molecular formula is C11H10F4N2O. The molecule has 2 rings (SSSR count). The van der Waals surface area contributed by atoms with Crippen molar-refractivity contribution in [2.24, 2.45) is 0 Å². The molecule has 0 unspecified atom stereocenters. The second kappa shape index (κ2) is 4.15. The van der Waals surface area contributed by atoms with Crippen LogP contribution in [0.2, 0.25) is 0 Å². The van der Waals surface area contributed by atoms with Crippen LogP contribution in [0.15, 0.2) is 18.2 Å². The Morgan fingerprint density at radius 3 is 2.67 bits per heavy atom. The molecule has 0 aromatic heterocycles. The maximum atomic E-state index is 13.0. The fourth-order valence-corrected chi connectivity index (χ4v) is 1.88. The predicted molar refractivity (Wildman–Crippen MR) is 57.9 cm³/mol. The highest BCUT2D eigenvalue weighted by atomic mass is 19.3. The second-order valence-corrected chi connectivity index (χ2v) is 4.02. The van der Waals surface area contributed by atoms with Crippen LogP contribution in [-0.4, -0.2) is 24.8 Å². The lowest BCUT2D eigenvalue weighted by Crippen LogP contribution is -2.47. The molecule has 1 amide bonds. The standard InChI is InChI=1S/C11H10F4N2O/c12-9(13)11(14,15)10(18)17-4-3-6-1-2-7(16)5-8(6)17/h1-2,5,9H,3-4,16H2. The minimum Gasteiger partial charge on any atom is -0.399 e.